The van der Waals surface area contributed by atoms with E-state index in [1.165, 1.54) is 22.6 Å². The molecule has 1 aromatic carbocycles. The third kappa shape index (κ3) is 4.02. The number of carbonyl (C=O) groups is 2. The van der Waals surface area contributed by atoms with Crippen LogP contribution in [0.15, 0.2) is 23.6 Å². The van der Waals surface area contributed by atoms with Crippen molar-refractivity contribution >= 4 is 28.8 Å². The van der Waals surface area contributed by atoms with Crippen LogP contribution in [-0.4, -0.2) is 47.9 Å². The molecule has 9 nitrogen and oxygen atoms in total. The molecular formula is C19H19N3O6S. The number of benzene rings is 1. The highest BCUT2D eigenvalue weighted by Crippen LogP contribution is 2.36. The maximum Gasteiger partial charge on any atom is 0.286 e. The van der Waals surface area contributed by atoms with E-state index in [4.69, 9.17) is 9.47 Å². The van der Waals surface area contributed by atoms with Gasteiger partial charge in [-0.05, 0) is 23.4 Å². The van der Waals surface area contributed by atoms with Crippen LogP contribution in [0.4, 0.5) is 5.69 Å². The summed E-state index contributed by atoms with van der Waals surface area (Å²) in [5.74, 6) is -0.144. The van der Waals surface area contributed by atoms with Crippen molar-refractivity contribution < 1.29 is 24.0 Å². The normalized spacial score (nSPS) is 14.8. The Morgan fingerprint density at radius 3 is 2.76 bits per heavy atom. The van der Waals surface area contributed by atoms with Crippen LogP contribution in [0.3, 0.4) is 0 Å². The van der Waals surface area contributed by atoms with Crippen LogP contribution in [0.25, 0.3) is 0 Å². The number of ether oxygens (including phenoxy) is 2. The zero-order valence-electron chi connectivity index (χ0n) is 15.5. The number of nitro groups is 1. The van der Waals surface area contributed by atoms with Gasteiger partial charge >= 0.3 is 0 Å². The summed E-state index contributed by atoms with van der Waals surface area (Å²) in [5.41, 5.74) is 0.692. The van der Waals surface area contributed by atoms with Crippen molar-refractivity contribution in [2.75, 3.05) is 26.3 Å². The second-order valence-corrected chi connectivity index (χ2v) is 7.71. The van der Waals surface area contributed by atoms with E-state index < -0.39 is 10.8 Å². The third-order valence-corrected chi connectivity index (χ3v) is 5.91. The molecule has 4 rings (SSSR count). The van der Waals surface area contributed by atoms with E-state index in [0.717, 1.165) is 6.42 Å². The molecule has 0 bridgehead atoms. The Kier molecular flexibility index (Phi) is 5.34. The second kappa shape index (κ2) is 8.08. The Bertz CT molecular complexity index is 973. The van der Waals surface area contributed by atoms with Gasteiger partial charge in [-0.3, -0.25) is 19.7 Å². The molecule has 1 aromatic heterocycles. The Morgan fingerprint density at radius 2 is 2.00 bits per heavy atom. The first-order valence-corrected chi connectivity index (χ1v) is 10.1. The lowest BCUT2D eigenvalue weighted by molar-refractivity contribution is -0.385. The zero-order chi connectivity index (χ0) is 20.4. The summed E-state index contributed by atoms with van der Waals surface area (Å²) >= 11 is 1.70. The number of carbonyl (C=O) groups excluding carboxylic acids is 2. The van der Waals surface area contributed by atoms with E-state index in [-0.39, 0.29) is 35.9 Å². The molecule has 0 unspecified atom stereocenters. The van der Waals surface area contributed by atoms with E-state index in [0.29, 0.717) is 32.1 Å². The first-order chi connectivity index (χ1) is 14.0. The van der Waals surface area contributed by atoms with Gasteiger partial charge in [0.15, 0.2) is 11.5 Å². The summed E-state index contributed by atoms with van der Waals surface area (Å²) in [5, 5.41) is 16.0. The summed E-state index contributed by atoms with van der Waals surface area (Å²) in [7, 11) is 0. The molecule has 0 saturated carbocycles. The number of nitro benzene ring substituents is 1. The van der Waals surface area contributed by atoms with Crippen molar-refractivity contribution in [3.63, 3.8) is 0 Å². The van der Waals surface area contributed by atoms with Crippen LogP contribution >= 0.6 is 11.3 Å². The number of nitrogens with one attached hydrogen (secondary N) is 1. The molecule has 10 heteroatoms. The summed E-state index contributed by atoms with van der Waals surface area (Å²) in [6.07, 6.45) is 0.970. The van der Waals surface area contributed by atoms with Crippen molar-refractivity contribution in [1.29, 1.82) is 0 Å². The van der Waals surface area contributed by atoms with Gasteiger partial charge in [-0.25, -0.2) is 0 Å². The van der Waals surface area contributed by atoms with Crippen LogP contribution < -0.4 is 14.8 Å². The summed E-state index contributed by atoms with van der Waals surface area (Å²) in [6, 6.07) is 4.54. The van der Waals surface area contributed by atoms with E-state index in [9.17, 15) is 19.7 Å². The summed E-state index contributed by atoms with van der Waals surface area (Å²) in [4.78, 5) is 38.8. The molecule has 152 valence electrons. The van der Waals surface area contributed by atoms with Gasteiger partial charge in [0.1, 0.15) is 18.8 Å². The lowest BCUT2D eigenvalue weighted by Crippen LogP contribution is -2.37. The van der Waals surface area contributed by atoms with Gasteiger partial charge in [0.2, 0.25) is 5.91 Å². The molecule has 29 heavy (non-hydrogen) atoms. The topological polar surface area (TPSA) is 111 Å². The molecular weight excluding hydrogens is 398 g/mol. The fourth-order valence-electron chi connectivity index (χ4n) is 3.41. The number of fused-ring (bicyclic) bond motifs is 2. The average Bonchev–Trinajstić information content (AvgIpc) is 3.20. The fourth-order valence-corrected chi connectivity index (χ4v) is 4.30. The Morgan fingerprint density at radius 1 is 1.24 bits per heavy atom. The van der Waals surface area contributed by atoms with Gasteiger partial charge in [0.25, 0.3) is 11.6 Å². The van der Waals surface area contributed by atoms with Crippen molar-refractivity contribution in [3.8, 4) is 11.5 Å². The van der Waals surface area contributed by atoms with Crippen molar-refractivity contribution in [1.82, 2.24) is 10.2 Å². The van der Waals surface area contributed by atoms with Gasteiger partial charge < -0.3 is 19.7 Å². The van der Waals surface area contributed by atoms with Crippen molar-refractivity contribution in [2.24, 2.45) is 0 Å². The van der Waals surface area contributed by atoms with Crippen molar-refractivity contribution in [2.45, 2.75) is 19.4 Å². The first kappa shape index (κ1) is 19.2. The molecule has 2 aromatic rings. The SMILES string of the molecule is O=C(NCCC(=O)N1CCc2sccc2C1)c1cc2c(cc1[N+](=O)[O-])OCCO2. The lowest BCUT2D eigenvalue weighted by atomic mass is 10.1. The van der Waals surface area contributed by atoms with Gasteiger partial charge in [-0.15, -0.1) is 11.3 Å². The fraction of sp³-hybridized carbons (Fsp3) is 0.368. The quantitative estimate of drug-likeness (QED) is 0.589. The lowest BCUT2D eigenvalue weighted by Gasteiger charge is -2.27. The predicted octanol–water partition coefficient (Wildman–Crippen LogP) is 2.13. The average molecular weight is 417 g/mol. The van der Waals surface area contributed by atoms with E-state index >= 15 is 0 Å². The first-order valence-electron chi connectivity index (χ1n) is 9.22. The van der Waals surface area contributed by atoms with Crippen LogP contribution in [0, 0.1) is 10.1 Å². The second-order valence-electron chi connectivity index (χ2n) is 6.71. The minimum atomic E-state index is -0.634. The number of amides is 2. The molecule has 1 N–H and O–H groups in total. The molecule has 0 saturated heterocycles. The molecule has 0 fully saturated rings. The van der Waals surface area contributed by atoms with Gasteiger partial charge in [0, 0.05) is 37.0 Å². The van der Waals surface area contributed by atoms with Gasteiger partial charge in [-0.2, -0.15) is 0 Å². The van der Waals surface area contributed by atoms with Crippen LogP contribution in [-0.2, 0) is 17.8 Å². The molecule has 2 amide bonds. The third-order valence-electron chi connectivity index (χ3n) is 4.89. The maximum absolute atomic E-state index is 12.5. The van der Waals surface area contributed by atoms with Crippen molar-refractivity contribution in [3.05, 3.63) is 49.7 Å². The highest BCUT2D eigenvalue weighted by Gasteiger charge is 2.27. The number of hydrogen-bond acceptors (Lipinski definition) is 7. The minimum Gasteiger partial charge on any atom is -0.486 e. The molecule has 2 aliphatic heterocycles. The summed E-state index contributed by atoms with van der Waals surface area (Å²) in [6.45, 7) is 1.94. The standard InChI is InChI=1S/C19H19N3O6S/c23-18(21-5-2-17-12(11-21)3-8-29-17)1-4-20-19(24)13-9-15-16(28-7-6-27-15)10-14(13)22(25)26/h3,8-10H,1-2,4-7,11H2,(H,20,24). The number of rotatable bonds is 5. The Labute approximate surface area is 170 Å². The number of thiophene rings is 1. The molecule has 0 radical (unpaired) electrons. The largest absolute Gasteiger partial charge is 0.486 e. The monoisotopic (exact) mass is 417 g/mol. The van der Waals surface area contributed by atoms with E-state index in [1.54, 1.807) is 16.2 Å². The highest BCUT2D eigenvalue weighted by atomic mass is 32.1. The molecule has 0 atom stereocenters. The van der Waals surface area contributed by atoms with E-state index in [2.05, 4.69) is 5.32 Å². The Balaban J connectivity index is 1.37. The van der Waals surface area contributed by atoms with Crippen LogP contribution in [0.1, 0.15) is 27.2 Å². The maximum atomic E-state index is 12.5. The number of hydrogen-bond donors (Lipinski definition) is 1. The van der Waals surface area contributed by atoms with Gasteiger partial charge in [0.05, 0.1) is 11.0 Å². The minimum absolute atomic E-state index is 0.0566. The smallest absolute Gasteiger partial charge is 0.286 e. The predicted molar refractivity (Wildman–Crippen MR) is 104 cm³/mol. The Hall–Kier alpha value is -3.14. The molecule has 2 aliphatic rings. The highest BCUT2D eigenvalue weighted by molar-refractivity contribution is 7.10. The summed E-state index contributed by atoms with van der Waals surface area (Å²) < 4.78 is 10.7. The zero-order valence-corrected chi connectivity index (χ0v) is 16.3. The molecule has 0 aliphatic carbocycles. The molecule has 0 spiro atoms. The number of nitrogens with zero attached hydrogens (tertiary/aromatic N) is 2. The van der Waals surface area contributed by atoms with Gasteiger partial charge in [-0.1, -0.05) is 0 Å². The van der Waals surface area contributed by atoms with Crippen LogP contribution in [0.2, 0.25) is 0 Å². The van der Waals surface area contributed by atoms with E-state index in [1.807, 2.05) is 11.4 Å². The molecule has 3 heterocycles. The van der Waals surface area contributed by atoms with Crippen LogP contribution in [0.5, 0.6) is 11.5 Å².